The summed E-state index contributed by atoms with van der Waals surface area (Å²) < 4.78 is 1.76. The summed E-state index contributed by atoms with van der Waals surface area (Å²) in [5, 5.41) is 14.5. The van der Waals surface area contributed by atoms with Gasteiger partial charge in [0.1, 0.15) is 0 Å². The van der Waals surface area contributed by atoms with Crippen LogP contribution in [-0.2, 0) is 24.3 Å². The Morgan fingerprint density at radius 3 is 3.04 bits per heavy atom. The van der Waals surface area contributed by atoms with Crippen LogP contribution in [0.25, 0.3) is 0 Å². The number of aromatic nitrogens is 4. The average molecular weight is 360 g/mol. The van der Waals surface area contributed by atoms with Gasteiger partial charge in [0, 0.05) is 31.6 Å². The summed E-state index contributed by atoms with van der Waals surface area (Å²) in [5.74, 6) is 0.442. The Bertz CT molecular complexity index is 813. The summed E-state index contributed by atoms with van der Waals surface area (Å²) in [6, 6.07) is 1.91. The quantitative estimate of drug-likeness (QED) is 0.861. The molecule has 0 aromatic carbocycles. The van der Waals surface area contributed by atoms with Gasteiger partial charge in [-0.3, -0.25) is 9.59 Å². The number of fused-ring (bicyclic) bond motifs is 2. The first-order valence-corrected chi connectivity index (χ1v) is 9.37. The fraction of sp³-hybridized carbons (Fsp3) is 0.562. The molecule has 2 aromatic heterocycles. The van der Waals surface area contributed by atoms with Crippen molar-refractivity contribution in [3.8, 4) is 0 Å². The molecule has 4 rings (SSSR count). The summed E-state index contributed by atoms with van der Waals surface area (Å²) >= 11 is 1.52. The van der Waals surface area contributed by atoms with Crippen LogP contribution in [0, 0.1) is 0 Å². The molecule has 8 nitrogen and oxygen atoms in total. The smallest absolute Gasteiger partial charge is 0.261 e. The van der Waals surface area contributed by atoms with Crippen LogP contribution < -0.4 is 5.32 Å². The maximum Gasteiger partial charge on any atom is 0.261 e. The van der Waals surface area contributed by atoms with Crippen LogP contribution in [0.4, 0.5) is 0 Å². The van der Waals surface area contributed by atoms with Gasteiger partial charge in [-0.2, -0.15) is 0 Å². The van der Waals surface area contributed by atoms with Crippen molar-refractivity contribution in [2.45, 2.75) is 44.7 Å². The van der Waals surface area contributed by atoms with E-state index in [0.717, 1.165) is 37.8 Å². The van der Waals surface area contributed by atoms with E-state index >= 15 is 0 Å². The van der Waals surface area contributed by atoms with Crippen LogP contribution in [0.3, 0.4) is 0 Å². The number of thiophene rings is 1. The molecule has 25 heavy (non-hydrogen) atoms. The lowest BCUT2D eigenvalue weighted by molar-refractivity contribution is -0.134. The predicted octanol–water partition coefficient (Wildman–Crippen LogP) is 0.947. The third kappa shape index (κ3) is 2.92. The number of rotatable bonds is 2. The van der Waals surface area contributed by atoms with Crippen molar-refractivity contribution in [1.29, 1.82) is 0 Å². The Balaban J connectivity index is 1.55. The van der Waals surface area contributed by atoms with Gasteiger partial charge >= 0.3 is 0 Å². The Kier molecular flexibility index (Phi) is 4.24. The van der Waals surface area contributed by atoms with Gasteiger partial charge in [0.15, 0.2) is 5.82 Å². The highest BCUT2D eigenvalue weighted by Gasteiger charge is 2.33. The second-order valence-electron chi connectivity index (χ2n) is 6.46. The second kappa shape index (κ2) is 6.55. The maximum atomic E-state index is 13.1. The molecule has 0 aliphatic carbocycles. The molecule has 0 saturated heterocycles. The largest absolute Gasteiger partial charge is 0.354 e. The number of hydrogen-bond donors (Lipinski definition) is 1. The van der Waals surface area contributed by atoms with Crippen molar-refractivity contribution in [1.82, 2.24) is 30.4 Å². The van der Waals surface area contributed by atoms with Gasteiger partial charge in [-0.05, 0) is 41.3 Å². The third-order valence-electron chi connectivity index (χ3n) is 4.91. The van der Waals surface area contributed by atoms with Gasteiger partial charge in [-0.15, -0.1) is 16.4 Å². The van der Waals surface area contributed by atoms with Gasteiger partial charge in [-0.25, -0.2) is 4.68 Å². The summed E-state index contributed by atoms with van der Waals surface area (Å²) in [6.45, 7) is 2.01. The molecule has 2 amide bonds. The fourth-order valence-corrected chi connectivity index (χ4v) is 4.68. The molecule has 132 valence electrons. The van der Waals surface area contributed by atoms with E-state index in [4.69, 9.17) is 0 Å². The highest BCUT2D eigenvalue weighted by Crippen LogP contribution is 2.31. The minimum Gasteiger partial charge on any atom is -0.354 e. The minimum absolute atomic E-state index is 0.0692. The molecule has 2 aliphatic rings. The zero-order valence-corrected chi connectivity index (χ0v) is 14.9. The molecule has 9 heteroatoms. The lowest BCUT2D eigenvalue weighted by Crippen LogP contribution is -2.39. The predicted molar refractivity (Wildman–Crippen MR) is 91.2 cm³/mol. The number of hydrogen-bond acceptors (Lipinski definition) is 6. The lowest BCUT2D eigenvalue weighted by Gasteiger charge is -2.29. The SMILES string of the molecule is CNC(=O)c1cc2c(s1)CCN(C(=O)[C@H]1CCCCn3nnnc31)C2. The molecular formula is C16H20N6O2S. The van der Waals surface area contributed by atoms with Crippen molar-refractivity contribution in [2.75, 3.05) is 13.6 Å². The van der Waals surface area contributed by atoms with Gasteiger partial charge in [0.25, 0.3) is 5.91 Å². The summed E-state index contributed by atoms with van der Waals surface area (Å²) in [5.41, 5.74) is 1.08. The molecular weight excluding hydrogens is 340 g/mol. The molecule has 0 unspecified atom stereocenters. The molecule has 0 radical (unpaired) electrons. The average Bonchev–Trinajstić information content (AvgIpc) is 3.22. The van der Waals surface area contributed by atoms with E-state index < -0.39 is 0 Å². The zero-order chi connectivity index (χ0) is 17.4. The molecule has 1 N–H and O–H groups in total. The Morgan fingerprint density at radius 2 is 2.20 bits per heavy atom. The first-order valence-electron chi connectivity index (χ1n) is 8.56. The van der Waals surface area contributed by atoms with Crippen molar-refractivity contribution in [3.05, 3.63) is 27.2 Å². The highest BCUT2D eigenvalue weighted by molar-refractivity contribution is 7.14. The van der Waals surface area contributed by atoms with E-state index in [2.05, 4.69) is 20.8 Å². The number of tetrazole rings is 1. The van der Waals surface area contributed by atoms with E-state index in [9.17, 15) is 9.59 Å². The molecule has 0 spiro atoms. The van der Waals surface area contributed by atoms with Crippen molar-refractivity contribution in [2.24, 2.45) is 0 Å². The Morgan fingerprint density at radius 1 is 1.32 bits per heavy atom. The summed E-state index contributed by atoms with van der Waals surface area (Å²) in [7, 11) is 1.63. The summed E-state index contributed by atoms with van der Waals surface area (Å²) in [4.78, 5) is 28.7. The molecule has 2 aliphatic heterocycles. The molecule has 4 heterocycles. The van der Waals surface area contributed by atoms with E-state index in [-0.39, 0.29) is 17.7 Å². The normalized spacial score (nSPS) is 19.7. The number of amides is 2. The molecule has 0 fully saturated rings. The first-order chi connectivity index (χ1) is 12.2. The fourth-order valence-electron chi connectivity index (χ4n) is 3.57. The van der Waals surface area contributed by atoms with Crippen LogP contribution >= 0.6 is 11.3 Å². The number of nitrogens with one attached hydrogen (secondary N) is 1. The first kappa shape index (κ1) is 16.2. The topological polar surface area (TPSA) is 93.0 Å². The molecule has 0 bridgehead atoms. The van der Waals surface area contributed by atoms with Gasteiger partial charge in [-0.1, -0.05) is 6.42 Å². The van der Waals surface area contributed by atoms with Crippen molar-refractivity contribution < 1.29 is 9.59 Å². The lowest BCUT2D eigenvalue weighted by atomic mass is 9.99. The van der Waals surface area contributed by atoms with Gasteiger partial charge < -0.3 is 10.2 Å². The Hall–Kier alpha value is -2.29. The number of nitrogens with zero attached hydrogens (tertiary/aromatic N) is 5. The highest BCUT2D eigenvalue weighted by atomic mass is 32.1. The number of aryl methyl sites for hydroxylation is 1. The number of carbonyl (C=O) groups excluding carboxylic acids is 2. The van der Waals surface area contributed by atoms with Gasteiger partial charge in [0.05, 0.1) is 10.8 Å². The van der Waals surface area contributed by atoms with Crippen molar-refractivity contribution >= 4 is 23.2 Å². The molecule has 1 atom stereocenters. The minimum atomic E-state index is -0.268. The van der Waals surface area contributed by atoms with Crippen LogP contribution in [0.2, 0.25) is 0 Å². The van der Waals surface area contributed by atoms with E-state index in [1.54, 1.807) is 11.7 Å². The van der Waals surface area contributed by atoms with Crippen LogP contribution in [-0.4, -0.2) is 50.5 Å². The van der Waals surface area contributed by atoms with E-state index in [0.29, 0.717) is 23.8 Å². The second-order valence-corrected chi connectivity index (χ2v) is 7.59. The van der Waals surface area contributed by atoms with E-state index in [1.807, 2.05) is 11.0 Å². The zero-order valence-electron chi connectivity index (χ0n) is 14.1. The van der Waals surface area contributed by atoms with Crippen LogP contribution in [0.5, 0.6) is 0 Å². The third-order valence-corrected chi connectivity index (χ3v) is 6.15. The summed E-state index contributed by atoms with van der Waals surface area (Å²) in [6.07, 6.45) is 3.56. The molecule has 2 aromatic rings. The van der Waals surface area contributed by atoms with Crippen molar-refractivity contribution in [3.63, 3.8) is 0 Å². The monoisotopic (exact) mass is 360 g/mol. The van der Waals surface area contributed by atoms with Gasteiger partial charge in [0.2, 0.25) is 5.91 Å². The van der Waals surface area contributed by atoms with Crippen LogP contribution in [0.1, 0.15) is 51.1 Å². The number of carbonyl (C=O) groups is 2. The maximum absolute atomic E-state index is 13.1. The molecule has 0 saturated carbocycles. The van der Waals surface area contributed by atoms with Crippen LogP contribution in [0.15, 0.2) is 6.07 Å². The van der Waals surface area contributed by atoms with E-state index in [1.165, 1.54) is 16.2 Å². The Labute approximate surface area is 149 Å². The standard InChI is InChI=1S/C16H20N6O2S/c1-17-15(23)13-8-10-9-21(7-5-12(10)25-13)16(24)11-4-2-3-6-22-14(11)18-19-20-22/h8,11H,2-7,9H2,1H3,(H,17,23)/t11-/m0/s1.